The van der Waals surface area contributed by atoms with Gasteiger partial charge in [-0.25, -0.2) is 0 Å². The highest BCUT2D eigenvalue weighted by atomic mass is 32.2. The largest absolute Gasteiger partial charge is 0.159 e. The van der Waals surface area contributed by atoms with Crippen LogP contribution in [0.2, 0.25) is 0 Å². The second-order valence-electron chi connectivity index (χ2n) is 2.81. The normalized spacial score (nSPS) is 14.3. The van der Waals surface area contributed by atoms with Crippen LogP contribution in [0.4, 0.5) is 0 Å². The molecule has 0 saturated carbocycles. The summed E-state index contributed by atoms with van der Waals surface area (Å²) in [4.78, 5) is 0. The Balaban J connectivity index is 3.15. The first-order valence-electron chi connectivity index (χ1n) is 3.57. The van der Waals surface area contributed by atoms with E-state index in [1.807, 2.05) is 11.8 Å². The van der Waals surface area contributed by atoms with Crippen molar-refractivity contribution in [3.8, 4) is 0 Å². The van der Waals surface area contributed by atoms with Crippen molar-refractivity contribution in [1.82, 2.24) is 0 Å². The molecule has 55 valence electrons. The fourth-order valence-electron chi connectivity index (χ4n) is 0.933. The van der Waals surface area contributed by atoms with Crippen LogP contribution in [0.1, 0.15) is 27.2 Å². The van der Waals surface area contributed by atoms with Crippen molar-refractivity contribution in [1.29, 1.82) is 0 Å². The molecule has 1 atom stereocenters. The molecule has 1 radical (unpaired) electrons. The molecule has 0 aliphatic rings. The smallest absolute Gasteiger partial charge is 0.00211 e. The molecule has 0 aromatic rings. The summed E-state index contributed by atoms with van der Waals surface area (Å²) in [5, 5.41) is 0.794. The van der Waals surface area contributed by atoms with Crippen molar-refractivity contribution in [2.24, 2.45) is 5.92 Å². The Morgan fingerprint density at radius 1 is 1.33 bits per heavy atom. The first-order chi connectivity index (χ1) is 4.16. The second-order valence-corrected chi connectivity index (χ2v) is 4.36. The first-order valence-corrected chi connectivity index (χ1v) is 4.62. The van der Waals surface area contributed by atoms with Gasteiger partial charge in [0, 0.05) is 5.25 Å². The predicted molar refractivity (Wildman–Crippen MR) is 46.7 cm³/mol. The first kappa shape index (κ1) is 9.35. The molecule has 0 bridgehead atoms. The van der Waals surface area contributed by atoms with Gasteiger partial charge in [0.05, 0.1) is 0 Å². The molecule has 0 amide bonds. The third kappa shape index (κ3) is 6.23. The zero-order chi connectivity index (χ0) is 7.28. The highest BCUT2D eigenvalue weighted by Gasteiger charge is 2.02. The maximum atomic E-state index is 3.80. The molecular weight excluding hydrogens is 128 g/mol. The minimum Gasteiger partial charge on any atom is -0.159 e. The van der Waals surface area contributed by atoms with E-state index < -0.39 is 0 Å². The Bertz CT molecular complexity index is 59.6. The van der Waals surface area contributed by atoms with Crippen LogP contribution in [0, 0.1) is 12.8 Å². The Kier molecular flexibility index (Phi) is 5.36. The van der Waals surface area contributed by atoms with Crippen LogP contribution in [0.25, 0.3) is 0 Å². The van der Waals surface area contributed by atoms with Gasteiger partial charge >= 0.3 is 0 Å². The number of thioether (sulfide) groups is 1. The average Bonchev–Trinajstić information content (AvgIpc) is 1.63. The second kappa shape index (κ2) is 5.16. The molecule has 0 aliphatic heterocycles. The molecular formula is C8H17S. The van der Waals surface area contributed by atoms with Gasteiger partial charge in [0.25, 0.3) is 0 Å². The van der Waals surface area contributed by atoms with E-state index in [2.05, 4.69) is 27.7 Å². The fourth-order valence-corrected chi connectivity index (χ4v) is 1.86. The lowest BCUT2D eigenvalue weighted by Gasteiger charge is -2.11. The van der Waals surface area contributed by atoms with Gasteiger partial charge < -0.3 is 0 Å². The van der Waals surface area contributed by atoms with Gasteiger partial charge in [-0.2, -0.15) is 11.8 Å². The van der Waals surface area contributed by atoms with Gasteiger partial charge in [0.1, 0.15) is 0 Å². The van der Waals surface area contributed by atoms with E-state index in [1.165, 1.54) is 6.42 Å². The summed E-state index contributed by atoms with van der Waals surface area (Å²) in [5.74, 6) is 1.84. The van der Waals surface area contributed by atoms with Crippen LogP contribution < -0.4 is 0 Å². The summed E-state index contributed by atoms with van der Waals surface area (Å²) in [5.41, 5.74) is 0. The highest BCUT2D eigenvalue weighted by Crippen LogP contribution is 2.17. The molecule has 0 rings (SSSR count). The molecule has 0 heterocycles. The Morgan fingerprint density at radius 2 is 1.89 bits per heavy atom. The van der Waals surface area contributed by atoms with Crippen LogP contribution in [0.3, 0.4) is 0 Å². The van der Waals surface area contributed by atoms with Gasteiger partial charge in [-0.05, 0) is 25.0 Å². The molecule has 0 spiro atoms. The van der Waals surface area contributed by atoms with Crippen molar-refractivity contribution >= 4 is 11.8 Å². The summed E-state index contributed by atoms with van der Waals surface area (Å²) < 4.78 is 0. The predicted octanol–water partition coefficient (Wildman–Crippen LogP) is 2.99. The summed E-state index contributed by atoms with van der Waals surface area (Å²) in [7, 11) is 0. The number of rotatable bonds is 4. The lowest BCUT2D eigenvalue weighted by atomic mass is 10.1. The summed E-state index contributed by atoms with van der Waals surface area (Å²) in [6.07, 6.45) is 1.32. The highest BCUT2D eigenvalue weighted by molar-refractivity contribution is 7.99. The third-order valence-electron chi connectivity index (χ3n) is 1.21. The minimum atomic E-state index is 0.794. The number of hydrogen-bond acceptors (Lipinski definition) is 1. The third-order valence-corrected chi connectivity index (χ3v) is 2.20. The van der Waals surface area contributed by atoms with E-state index in [1.54, 1.807) is 0 Å². The van der Waals surface area contributed by atoms with Crippen molar-refractivity contribution in [3.63, 3.8) is 0 Å². The Morgan fingerprint density at radius 3 is 2.22 bits per heavy atom. The lowest BCUT2D eigenvalue weighted by molar-refractivity contribution is 0.585. The molecule has 0 aliphatic carbocycles. The number of hydrogen-bond donors (Lipinski definition) is 0. The maximum Gasteiger partial charge on any atom is 0.00211 e. The maximum absolute atomic E-state index is 3.80. The monoisotopic (exact) mass is 145 g/mol. The molecule has 1 unspecified atom stereocenters. The van der Waals surface area contributed by atoms with E-state index in [9.17, 15) is 0 Å². The van der Waals surface area contributed by atoms with E-state index >= 15 is 0 Å². The van der Waals surface area contributed by atoms with E-state index in [0.717, 1.165) is 16.9 Å². The van der Waals surface area contributed by atoms with Crippen molar-refractivity contribution in [3.05, 3.63) is 6.92 Å². The van der Waals surface area contributed by atoms with Crippen molar-refractivity contribution in [2.75, 3.05) is 5.75 Å². The van der Waals surface area contributed by atoms with Gasteiger partial charge in [-0.15, -0.1) is 0 Å². The topological polar surface area (TPSA) is 0 Å². The SMILES string of the molecule is [CH2]CSC(C)CC(C)C. The van der Waals surface area contributed by atoms with Crippen LogP contribution in [0.5, 0.6) is 0 Å². The molecule has 0 fully saturated rings. The lowest BCUT2D eigenvalue weighted by Crippen LogP contribution is -2.01. The molecule has 1 heteroatoms. The zero-order valence-corrected chi connectivity index (χ0v) is 7.50. The van der Waals surface area contributed by atoms with E-state index in [-0.39, 0.29) is 0 Å². The minimum absolute atomic E-state index is 0.794. The standard InChI is InChI=1S/C8H17S/c1-5-9-8(4)6-7(2)3/h7-8H,1,5-6H2,2-4H3. The van der Waals surface area contributed by atoms with Gasteiger partial charge in [-0.3, -0.25) is 0 Å². The molecule has 0 aromatic carbocycles. The molecule has 0 saturated heterocycles. The van der Waals surface area contributed by atoms with E-state index in [4.69, 9.17) is 0 Å². The van der Waals surface area contributed by atoms with Crippen LogP contribution in [0.15, 0.2) is 0 Å². The van der Waals surface area contributed by atoms with E-state index in [0.29, 0.717) is 0 Å². The molecule has 0 nitrogen and oxygen atoms in total. The van der Waals surface area contributed by atoms with Gasteiger partial charge in [0.15, 0.2) is 0 Å². The average molecular weight is 145 g/mol. The Hall–Kier alpha value is 0.350. The van der Waals surface area contributed by atoms with Crippen molar-refractivity contribution < 1.29 is 0 Å². The van der Waals surface area contributed by atoms with Crippen molar-refractivity contribution in [2.45, 2.75) is 32.4 Å². The summed E-state index contributed by atoms with van der Waals surface area (Å²) >= 11 is 1.95. The Labute approximate surface area is 63.4 Å². The fraction of sp³-hybridized carbons (Fsp3) is 0.875. The molecule has 9 heavy (non-hydrogen) atoms. The van der Waals surface area contributed by atoms with Gasteiger partial charge in [0.2, 0.25) is 0 Å². The van der Waals surface area contributed by atoms with Crippen LogP contribution >= 0.6 is 11.8 Å². The summed E-state index contributed by atoms with van der Waals surface area (Å²) in [6, 6.07) is 0. The molecule has 0 N–H and O–H groups in total. The van der Waals surface area contributed by atoms with Gasteiger partial charge in [-0.1, -0.05) is 20.8 Å². The van der Waals surface area contributed by atoms with Crippen LogP contribution in [-0.2, 0) is 0 Å². The summed E-state index contributed by atoms with van der Waals surface area (Å²) in [6.45, 7) is 10.6. The van der Waals surface area contributed by atoms with Crippen LogP contribution in [-0.4, -0.2) is 11.0 Å². The zero-order valence-electron chi connectivity index (χ0n) is 6.68. The quantitative estimate of drug-likeness (QED) is 0.586. The molecule has 0 aromatic heterocycles.